The number of carbonyl (C=O) groups is 2. The molecule has 0 radical (unpaired) electrons. The topological polar surface area (TPSA) is 66.8 Å². The molecule has 1 heterocycles. The average Bonchev–Trinajstić information content (AvgIpc) is 3.63. The van der Waals surface area contributed by atoms with Gasteiger partial charge in [0.15, 0.2) is 6.61 Å². The van der Waals surface area contributed by atoms with E-state index in [1.165, 1.54) is 18.2 Å². The molecule has 0 spiro atoms. The lowest BCUT2D eigenvalue weighted by Crippen LogP contribution is -2.41. The van der Waals surface area contributed by atoms with Crippen molar-refractivity contribution in [2.45, 2.75) is 24.8 Å². The van der Waals surface area contributed by atoms with Crippen molar-refractivity contribution in [1.82, 2.24) is 4.90 Å². The Morgan fingerprint density at radius 3 is 2.55 bits per heavy atom. The van der Waals surface area contributed by atoms with Crippen LogP contribution in [0.5, 0.6) is 5.75 Å². The Labute approximate surface area is 191 Å². The summed E-state index contributed by atoms with van der Waals surface area (Å²) in [7, 11) is 0. The van der Waals surface area contributed by atoms with Crippen molar-refractivity contribution in [3.8, 4) is 5.75 Å². The molecule has 2 aliphatic rings. The first-order valence-corrected chi connectivity index (χ1v) is 11.1. The van der Waals surface area contributed by atoms with E-state index >= 15 is 0 Å². The third-order valence-electron chi connectivity index (χ3n) is 6.52. The fourth-order valence-corrected chi connectivity index (χ4v) is 4.89. The predicted octanol–water partition coefficient (Wildman–Crippen LogP) is 4.57. The third-order valence-corrected chi connectivity index (χ3v) is 6.52. The standard InChI is InChI=1S/C27H24FNO4/c28-19-10-11-24(33-16-25(30)31)23(14-19)26-20-9-5-4-8-18(20)12-13-29(26)27(32)22-15-21(22)17-6-2-1-3-7-17/h1-11,14,21-22,26H,12-13,15-16H2,(H,30,31)/t21?,22?,26-/m0/s1. The molecule has 168 valence electrons. The van der Waals surface area contributed by atoms with Crippen molar-refractivity contribution >= 4 is 11.9 Å². The minimum absolute atomic E-state index is 0.0387. The number of carbonyl (C=O) groups excluding carboxylic acids is 1. The maximum Gasteiger partial charge on any atom is 0.341 e. The van der Waals surface area contributed by atoms with Crippen LogP contribution in [0.4, 0.5) is 4.39 Å². The molecule has 3 atom stereocenters. The number of carboxylic acids is 1. The zero-order valence-electron chi connectivity index (χ0n) is 18.0. The summed E-state index contributed by atoms with van der Waals surface area (Å²) in [5.74, 6) is -1.20. The molecule has 1 fully saturated rings. The number of aliphatic carboxylic acids is 1. The zero-order chi connectivity index (χ0) is 22.9. The van der Waals surface area contributed by atoms with Crippen molar-refractivity contribution in [3.05, 3.63) is 101 Å². The van der Waals surface area contributed by atoms with Crippen LogP contribution in [-0.4, -0.2) is 35.0 Å². The van der Waals surface area contributed by atoms with Crippen molar-refractivity contribution < 1.29 is 23.8 Å². The molecule has 1 aliphatic carbocycles. The summed E-state index contributed by atoms with van der Waals surface area (Å²) < 4.78 is 19.9. The van der Waals surface area contributed by atoms with Gasteiger partial charge in [-0.2, -0.15) is 0 Å². The molecule has 1 aliphatic heterocycles. The highest BCUT2D eigenvalue weighted by molar-refractivity contribution is 5.84. The highest BCUT2D eigenvalue weighted by atomic mass is 19.1. The third kappa shape index (κ3) is 4.21. The average molecular weight is 445 g/mol. The molecule has 0 bridgehead atoms. The molecule has 1 N–H and O–H groups in total. The van der Waals surface area contributed by atoms with Gasteiger partial charge in [-0.05, 0) is 53.6 Å². The summed E-state index contributed by atoms with van der Waals surface area (Å²) in [5.41, 5.74) is 3.63. The van der Waals surface area contributed by atoms with E-state index in [1.807, 2.05) is 59.5 Å². The van der Waals surface area contributed by atoms with Crippen LogP contribution >= 0.6 is 0 Å². The molecule has 5 nitrogen and oxygen atoms in total. The number of fused-ring (bicyclic) bond motifs is 1. The van der Waals surface area contributed by atoms with Gasteiger partial charge in [0.25, 0.3) is 0 Å². The summed E-state index contributed by atoms with van der Waals surface area (Å²) in [6.07, 6.45) is 1.50. The second-order valence-electron chi connectivity index (χ2n) is 8.61. The van der Waals surface area contributed by atoms with Gasteiger partial charge in [-0.15, -0.1) is 0 Å². The van der Waals surface area contributed by atoms with Crippen LogP contribution in [0.2, 0.25) is 0 Å². The second-order valence-corrected chi connectivity index (χ2v) is 8.61. The second kappa shape index (κ2) is 8.70. The quantitative estimate of drug-likeness (QED) is 0.604. The van der Waals surface area contributed by atoms with Crippen LogP contribution < -0.4 is 4.74 Å². The maximum absolute atomic E-state index is 14.4. The Bertz CT molecular complexity index is 1200. The van der Waals surface area contributed by atoms with Gasteiger partial charge < -0.3 is 14.7 Å². The molecule has 2 unspecified atom stereocenters. The van der Waals surface area contributed by atoms with Gasteiger partial charge in [0.1, 0.15) is 11.6 Å². The Hall–Kier alpha value is -3.67. The first kappa shape index (κ1) is 21.2. The van der Waals surface area contributed by atoms with Gasteiger partial charge in [-0.1, -0.05) is 54.6 Å². The van der Waals surface area contributed by atoms with Gasteiger partial charge in [-0.3, -0.25) is 4.79 Å². The van der Waals surface area contributed by atoms with E-state index in [1.54, 1.807) is 0 Å². The lowest BCUT2D eigenvalue weighted by atomic mass is 9.87. The van der Waals surface area contributed by atoms with Crippen molar-refractivity contribution in [2.24, 2.45) is 5.92 Å². The number of ether oxygens (including phenoxy) is 1. The zero-order valence-corrected chi connectivity index (χ0v) is 18.0. The molecular formula is C27H24FNO4. The number of benzene rings is 3. The van der Waals surface area contributed by atoms with Crippen LogP contribution in [0.1, 0.15) is 40.6 Å². The molecule has 0 saturated heterocycles. The lowest BCUT2D eigenvalue weighted by Gasteiger charge is -2.38. The van der Waals surface area contributed by atoms with E-state index in [0.29, 0.717) is 18.5 Å². The first-order chi connectivity index (χ1) is 16.0. The number of hydrogen-bond acceptors (Lipinski definition) is 3. The highest BCUT2D eigenvalue weighted by Gasteiger charge is 2.48. The number of halogens is 1. The Balaban J connectivity index is 1.52. The lowest BCUT2D eigenvalue weighted by molar-refractivity contribution is -0.139. The number of nitrogens with zero attached hydrogens (tertiary/aromatic N) is 1. The minimum atomic E-state index is -1.12. The van der Waals surface area contributed by atoms with E-state index < -0.39 is 24.4 Å². The molecule has 6 heteroatoms. The number of rotatable bonds is 6. The van der Waals surface area contributed by atoms with Gasteiger partial charge in [-0.25, -0.2) is 9.18 Å². The van der Waals surface area contributed by atoms with E-state index in [0.717, 1.165) is 23.1 Å². The van der Waals surface area contributed by atoms with E-state index in [4.69, 9.17) is 9.84 Å². The molecule has 5 rings (SSSR count). The number of amides is 1. The molecule has 0 aromatic heterocycles. The van der Waals surface area contributed by atoms with Crippen LogP contribution in [0, 0.1) is 11.7 Å². The molecule has 1 amide bonds. The fraction of sp³-hybridized carbons (Fsp3) is 0.259. The van der Waals surface area contributed by atoms with E-state index in [9.17, 15) is 14.0 Å². The smallest absolute Gasteiger partial charge is 0.341 e. The maximum atomic E-state index is 14.4. The van der Waals surface area contributed by atoms with E-state index in [2.05, 4.69) is 0 Å². The normalized spacial score (nSPS) is 21.2. The Kier molecular flexibility index (Phi) is 5.58. The van der Waals surface area contributed by atoms with Crippen molar-refractivity contribution in [3.63, 3.8) is 0 Å². The summed E-state index contributed by atoms with van der Waals surface area (Å²) in [5, 5.41) is 9.08. The molecule has 33 heavy (non-hydrogen) atoms. The van der Waals surface area contributed by atoms with E-state index in [-0.39, 0.29) is 23.5 Å². The number of carboxylic acid groups (broad SMARTS) is 1. The van der Waals surface area contributed by atoms with Crippen LogP contribution in [0.25, 0.3) is 0 Å². The first-order valence-electron chi connectivity index (χ1n) is 11.1. The monoisotopic (exact) mass is 445 g/mol. The van der Waals surface area contributed by atoms with Crippen LogP contribution in [-0.2, 0) is 16.0 Å². The largest absolute Gasteiger partial charge is 0.482 e. The van der Waals surface area contributed by atoms with Crippen LogP contribution in [0.3, 0.4) is 0 Å². The highest BCUT2D eigenvalue weighted by Crippen LogP contribution is 2.50. The summed E-state index contributed by atoms with van der Waals surface area (Å²) in [6, 6.07) is 21.3. The molecule has 3 aromatic rings. The predicted molar refractivity (Wildman–Crippen MR) is 121 cm³/mol. The van der Waals surface area contributed by atoms with Crippen molar-refractivity contribution in [1.29, 1.82) is 0 Å². The van der Waals surface area contributed by atoms with Gasteiger partial charge in [0, 0.05) is 18.0 Å². The SMILES string of the molecule is O=C(O)COc1ccc(F)cc1[C@@H]1c2ccccc2CCN1C(=O)C1CC1c1ccccc1. The summed E-state index contributed by atoms with van der Waals surface area (Å²) >= 11 is 0. The minimum Gasteiger partial charge on any atom is -0.482 e. The molecular weight excluding hydrogens is 421 g/mol. The van der Waals surface area contributed by atoms with Crippen LogP contribution in [0.15, 0.2) is 72.8 Å². The molecule has 1 saturated carbocycles. The Morgan fingerprint density at radius 1 is 1.00 bits per heavy atom. The van der Waals surface area contributed by atoms with Gasteiger partial charge in [0.2, 0.25) is 5.91 Å². The van der Waals surface area contributed by atoms with Crippen molar-refractivity contribution in [2.75, 3.05) is 13.2 Å². The summed E-state index contributed by atoms with van der Waals surface area (Å²) in [6.45, 7) is -0.0347. The number of hydrogen-bond donors (Lipinski definition) is 1. The fourth-order valence-electron chi connectivity index (χ4n) is 4.89. The van der Waals surface area contributed by atoms with Gasteiger partial charge in [0.05, 0.1) is 6.04 Å². The Morgan fingerprint density at radius 2 is 1.76 bits per heavy atom. The van der Waals surface area contributed by atoms with Gasteiger partial charge >= 0.3 is 5.97 Å². The molecule has 3 aromatic carbocycles. The summed E-state index contributed by atoms with van der Waals surface area (Å²) in [4.78, 5) is 26.6.